The van der Waals surface area contributed by atoms with E-state index in [0.717, 1.165) is 12.1 Å². The Morgan fingerprint density at radius 1 is 1.00 bits per heavy atom. The molecule has 0 spiro atoms. The van der Waals surface area contributed by atoms with Gasteiger partial charge in [0.05, 0.1) is 5.38 Å². The van der Waals surface area contributed by atoms with E-state index in [1.165, 1.54) is 12.1 Å². The second-order valence-electron chi connectivity index (χ2n) is 4.01. The van der Waals surface area contributed by atoms with Gasteiger partial charge in [0.25, 0.3) is 0 Å². The highest BCUT2D eigenvalue weighted by Gasteiger charge is 2.19. The van der Waals surface area contributed by atoms with Gasteiger partial charge in [0.1, 0.15) is 17.5 Å². The molecular weight excluding hydrogens is 261 g/mol. The van der Waals surface area contributed by atoms with Crippen LogP contribution < -0.4 is 0 Å². The molecule has 0 bridgehead atoms. The summed E-state index contributed by atoms with van der Waals surface area (Å²) in [5.41, 5.74) is 0.672. The zero-order chi connectivity index (χ0) is 13.3. The molecule has 94 valence electrons. The minimum atomic E-state index is -0.981. The van der Waals surface area contributed by atoms with Crippen LogP contribution in [0.5, 0.6) is 0 Å². The van der Waals surface area contributed by atoms with Crippen molar-refractivity contribution >= 4 is 11.6 Å². The number of hydrogen-bond acceptors (Lipinski definition) is 0. The van der Waals surface area contributed by atoms with Gasteiger partial charge in [0.2, 0.25) is 0 Å². The zero-order valence-electron chi connectivity index (χ0n) is 9.55. The Balaban J connectivity index is 2.48. The molecule has 2 aromatic rings. The summed E-state index contributed by atoms with van der Waals surface area (Å²) in [6, 6.07) is 7.79. The number of rotatable bonds is 2. The van der Waals surface area contributed by atoms with Gasteiger partial charge in [-0.2, -0.15) is 0 Å². The fourth-order valence-corrected chi connectivity index (χ4v) is 2.09. The van der Waals surface area contributed by atoms with E-state index in [1.807, 2.05) is 0 Å². The van der Waals surface area contributed by atoms with E-state index >= 15 is 0 Å². The molecule has 1 atom stereocenters. The van der Waals surface area contributed by atoms with Crippen LogP contribution in [0.4, 0.5) is 13.2 Å². The average molecular weight is 271 g/mol. The summed E-state index contributed by atoms with van der Waals surface area (Å²) in [6.07, 6.45) is 0. The summed E-state index contributed by atoms with van der Waals surface area (Å²) in [4.78, 5) is 0. The Bertz CT molecular complexity index is 581. The molecule has 0 aliphatic carbocycles. The minimum absolute atomic E-state index is 0.0579. The molecule has 0 aliphatic heterocycles. The average Bonchev–Trinajstić information content (AvgIpc) is 2.32. The van der Waals surface area contributed by atoms with Crippen LogP contribution in [0, 0.1) is 24.4 Å². The van der Waals surface area contributed by atoms with E-state index in [2.05, 4.69) is 0 Å². The summed E-state index contributed by atoms with van der Waals surface area (Å²) < 4.78 is 40.2. The topological polar surface area (TPSA) is 0 Å². The van der Waals surface area contributed by atoms with Gasteiger partial charge < -0.3 is 0 Å². The highest BCUT2D eigenvalue weighted by Crippen LogP contribution is 2.33. The van der Waals surface area contributed by atoms with Crippen molar-refractivity contribution in [1.82, 2.24) is 0 Å². The number of alkyl halides is 1. The molecule has 0 nitrogen and oxygen atoms in total. The highest BCUT2D eigenvalue weighted by molar-refractivity contribution is 6.22. The van der Waals surface area contributed by atoms with Crippen molar-refractivity contribution in [3.05, 3.63) is 70.5 Å². The normalized spacial score (nSPS) is 12.5. The Morgan fingerprint density at radius 3 is 2.39 bits per heavy atom. The van der Waals surface area contributed by atoms with E-state index in [1.54, 1.807) is 19.1 Å². The Morgan fingerprint density at radius 2 is 1.72 bits per heavy atom. The first-order chi connectivity index (χ1) is 8.50. The predicted molar refractivity (Wildman–Crippen MR) is 65.2 cm³/mol. The summed E-state index contributed by atoms with van der Waals surface area (Å²) in [6.45, 7) is 1.60. The first-order valence-corrected chi connectivity index (χ1v) is 5.78. The quantitative estimate of drug-likeness (QED) is 0.692. The number of benzene rings is 2. The first-order valence-electron chi connectivity index (χ1n) is 5.34. The smallest absolute Gasteiger partial charge is 0.131 e. The summed E-state index contributed by atoms with van der Waals surface area (Å²) in [5.74, 6) is -1.94. The van der Waals surface area contributed by atoms with Crippen molar-refractivity contribution in [2.45, 2.75) is 12.3 Å². The maximum absolute atomic E-state index is 13.9. The molecule has 18 heavy (non-hydrogen) atoms. The Kier molecular flexibility index (Phi) is 3.62. The fourth-order valence-electron chi connectivity index (χ4n) is 1.74. The third-order valence-electron chi connectivity index (χ3n) is 2.73. The Labute approximate surface area is 108 Å². The molecule has 4 heteroatoms. The zero-order valence-corrected chi connectivity index (χ0v) is 10.3. The minimum Gasteiger partial charge on any atom is -0.207 e. The van der Waals surface area contributed by atoms with Crippen LogP contribution in [0.1, 0.15) is 22.1 Å². The van der Waals surface area contributed by atoms with Gasteiger partial charge in [-0.3, -0.25) is 0 Å². The summed E-state index contributed by atoms with van der Waals surface area (Å²) >= 11 is 6.06. The van der Waals surface area contributed by atoms with Crippen molar-refractivity contribution in [2.24, 2.45) is 0 Å². The van der Waals surface area contributed by atoms with Gasteiger partial charge in [-0.25, -0.2) is 13.2 Å². The molecule has 0 saturated carbocycles. The van der Waals surface area contributed by atoms with Crippen LogP contribution in [-0.2, 0) is 0 Å². The van der Waals surface area contributed by atoms with Gasteiger partial charge in [0.15, 0.2) is 0 Å². The van der Waals surface area contributed by atoms with Crippen molar-refractivity contribution in [3.63, 3.8) is 0 Å². The molecule has 0 radical (unpaired) electrons. The number of halogens is 4. The predicted octanol–water partition coefficient (Wildman–Crippen LogP) is 4.74. The molecule has 0 N–H and O–H groups in total. The molecule has 0 fully saturated rings. The van der Waals surface area contributed by atoms with E-state index in [0.29, 0.717) is 5.56 Å². The van der Waals surface area contributed by atoms with E-state index in [-0.39, 0.29) is 11.1 Å². The highest BCUT2D eigenvalue weighted by atomic mass is 35.5. The molecule has 0 saturated heterocycles. The van der Waals surface area contributed by atoms with Crippen LogP contribution in [0.2, 0.25) is 0 Å². The van der Waals surface area contributed by atoms with Crippen LogP contribution >= 0.6 is 11.6 Å². The maximum Gasteiger partial charge on any atom is 0.131 e. The molecule has 1 unspecified atom stereocenters. The van der Waals surface area contributed by atoms with E-state index in [4.69, 9.17) is 11.6 Å². The molecule has 0 amide bonds. The molecule has 2 aromatic carbocycles. The van der Waals surface area contributed by atoms with Crippen molar-refractivity contribution in [3.8, 4) is 0 Å². The molecular formula is C14H10ClF3. The summed E-state index contributed by atoms with van der Waals surface area (Å²) in [5, 5.41) is -0.981. The molecule has 2 rings (SSSR count). The lowest BCUT2D eigenvalue weighted by atomic mass is 10.0. The lowest BCUT2D eigenvalue weighted by Crippen LogP contribution is -2.01. The number of aryl methyl sites for hydroxylation is 1. The molecule has 0 aromatic heterocycles. The van der Waals surface area contributed by atoms with Gasteiger partial charge in [-0.1, -0.05) is 24.3 Å². The number of hydrogen-bond donors (Lipinski definition) is 0. The van der Waals surface area contributed by atoms with Crippen molar-refractivity contribution in [1.29, 1.82) is 0 Å². The fraction of sp³-hybridized carbons (Fsp3) is 0.143. The van der Waals surface area contributed by atoms with E-state index in [9.17, 15) is 13.2 Å². The molecule has 0 heterocycles. The van der Waals surface area contributed by atoms with Crippen LogP contribution in [-0.4, -0.2) is 0 Å². The largest absolute Gasteiger partial charge is 0.207 e. The standard InChI is InChI=1S/C14H10ClF3/c1-8-3-2-4-11(14(8)18)13(15)10-6-5-9(16)7-12(10)17/h2-7,13H,1H3. The monoisotopic (exact) mass is 270 g/mol. The van der Waals surface area contributed by atoms with Crippen molar-refractivity contribution in [2.75, 3.05) is 0 Å². The van der Waals surface area contributed by atoms with Gasteiger partial charge in [-0.05, 0) is 18.6 Å². The van der Waals surface area contributed by atoms with Crippen LogP contribution in [0.25, 0.3) is 0 Å². The van der Waals surface area contributed by atoms with Gasteiger partial charge in [-0.15, -0.1) is 11.6 Å². The second-order valence-corrected chi connectivity index (χ2v) is 4.44. The third-order valence-corrected chi connectivity index (χ3v) is 3.20. The van der Waals surface area contributed by atoms with Gasteiger partial charge in [0, 0.05) is 17.2 Å². The first kappa shape index (κ1) is 13.0. The summed E-state index contributed by atoms with van der Waals surface area (Å²) in [7, 11) is 0. The maximum atomic E-state index is 13.9. The van der Waals surface area contributed by atoms with E-state index < -0.39 is 22.8 Å². The Hall–Kier alpha value is -1.48. The van der Waals surface area contributed by atoms with Crippen LogP contribution in [0.3, 0.4) is 0 Å². The van der Waals surface area contributed by atoms with Crippen molar-refractivity contribution < 1.29 is 13.2 Å². The lowest BCUT2D eigenvalue weighted by Gasteiger charge is -2.13. The SMILES string of the molecule is Cc1cccc(C(Cl)c2ccc(F)cc2F)c1F. The molecule has 0 aliphatic rings. The lowest BCUT2D eigenvalue weighted by molar-refractivity contribution is 0.568. The second kappa shape index (κ2) is 5.02. The van der Waals surface area contributed by atoms with Crippen LogP contribution in [0.15, 0.2) is 36.4 Å². The third kappa shape index (κ3) is 2.36. The van der Waals surface area contributed by atoms with Gasteiger partial charge >= 0.3 is 0 Å².